The number of rotatable bonds is 75. The predicted octanol–water partition coefficient (Wildman–Crippen LogP) is 15.3. The molecule has 0 aliphatic carbocycles. The maximum absolute atomic E-state index is 5.88. The van der Waals surface area contributed by atoms with Crippen LogP contribution in [0.1, 0.15) is 190 Å². The summed E-state index contributed by atoms with van der Waals surface area (Å²) in [7, 11) is 11.6. The van der Waals surface area contributed by atoms with Gasteiger partial charge in [-0.1, -0.05) is 119 Å². The largest absolute Gasteiger partial charge is 0.500 e. The van der Waals surface area contributed by atoms with Gasteiger partial charge < -0.3 is 136 Å². The lowest BCUT2D eigenvalue weighted by Gasteiger charge is -2.25. The summed E-state index contributed by atoms with van der Waals surface area (Å²) < 4.78 is 132. The average Bonchev–Trinajstić information content (AvgIpc) is 0.912. The molecular weight excluding hydrogens is 1860 g/mol. The van der Waals surface area contributed by atoms with Crippen molar-refractivity contribution < 1.29 is 109 Å². The summed E-state index contributed by atoms with van der Waals surface area (Å²) >= 11 is 47.8. The predicted molar refractivity (Wildman–Crippen MR) is 546 cm³/mol. The number of ether oxygens (including phenoxy) is 9. The van der Waals surface area contributed by atoms with Crippen LogP contribution in [0.15, 0.2) is 0 Å². The topological polar surface area (TPSA) is 282 Å². The van der Waals surface area contributed by atoms with Crippen molar-refractivity contribution in [2.75, 3.05) is 214 Å². The third kappa shape index (κ3) is 70.8. The summed E-state index contributed by atoms with van der Waals surface area (Å²) in [5.41, 5.74) is 0. The zero-order valence-corrected chi connectivity index (χ0v) is 93.2. The van der Waals surface area contributed by atoms with Crippen LogP contribution in [0.4, 0.5) is 0 Å². The molecule has 0 saturated carbocycles. The molecule has 0 aliphatic rings. The SMILES string of the molecule is CCCCC(CC)CC(CS)OC(=S)NCCC[Si](OC)(OC)OC.CCCCC(CC)COCC(CS)OC(=S)NCCC[Si](OC)(OC)OC.CCCCC(CS)OC(=S)NCCC[Si](OC)(OC)OC.CCCCOCC(C)OCC(CS)OC(=S)NCCC[Si](OC)(OC)OC.CCCCOCC(CS)OC(=S)NCCC[Si](OC)(OC)OC. The van der Waals surface area contributed by atoms with Crippen LogP contribution < -0.4 is 26.6 Å². The second kappa shape index (κ2) is 90.3. The second-order valence-electron chi connectivity index (χ2n) is 28.4. The van der Waals surface area contributed by atoms with Crippen LogP contribution in [0.3, 0.4) is 0 Å². The summed E-state index contributed by atoms with van der Waals surface area (Å²) in [6, 6.07) is 3.58. The molecule has 0 saturated heterocycles. The number of unbranched alkanes of at least 4 members (excludes halogenated alkanes) is 5. The molecule has 0 fully saturated rings. The Morgan fingerprint density at radius 3 is 0.789 bits per heavy atom. The first-order valence-corrected chi connectivity index (χ1v) is 58.4. The highest BCUT2D eigenvalue weighted by Gasteiger charge is 2.41. The van der Waals surface area contributed by atoms with Gasteiger partial charge in [-0.05, 0) is 144 Å². The summed E-state index contributed by atoms with van der Waals surface area (Å²) in [5, 5.41) is 17.5. The molecule has 8 unspecified atom stereocenters. The molecule has 8 atom stereocenters. The van der Waals surface area contributed by atoms with E-state index in [4.69, 9.17) is 170 Å². The van der Waals surface area contributed by atoms with Crippen molar-refractivity contribution >= 4 is 194 Å². The van der Waals surface area contributed by atoms with E-state index in [-0.39, 0.29) is 36.6 Å². The molecule has 0 aromatic heterocycles. The maximum Gasteiger partial charge on any atom is 0.500 e. The number of hydrogen-bond donors (Lipinski definition) is 10. The highest BCUT2D eigenvalue weighted by molar-refractivity contribution is 7.81. The number of hydrogen-bond acceptors (Lipinski definition) is 34. The van der Waals surface area contributed by atoms with E-state index < -0.39 is 44.0 Å². The number of thiocarbonyl (C=S) groups is 5. The second-order valence-corrected chi connectivity index (χ2v) is 47.6. The zero-order chi connectivity index (χ0) is 93.9. The quantitative estimate of drug-likeness (QED) is 0.0117. The first-order valence-electron chi connectivity index (χ1n) is 43.5. The Morgan fingerprint density at radius 1 is 0.276 bits per heavy atom. The standard InChI is InChI=1S/C18H39NO5S2Si.C17H37NO6S2Si.C17H37NO4S2Si.C14H31NO5S2Si.C13H29NO4S2Si/c1-6-8-10-16(7-2)13-23-14-17(15-25)24-18(26)19-11-9-12-27(20-3,21-4)22-5;1-6-7-10-22-12-15(2)23-13-16(14-25)24-17(26)18-9-8-11-27(19-3,20-4)21-5;1-6-8-10-15(7-2)13-16(14-23)22-17(24)18-11-9-12-25(19-3,20-4)21-5;1-5-6-9-19-11-13(12-21)20-14(22)15-8-7-10-23(16-2,17-3)18-4;1-5-6-8-12(11-19)18-13(20)14-9-7-10-21(15-2,16-3)17-4/h16-17,25H,6-15H2,1-5H3,(H,19,26);15-16,25H,6-14H2,1-5H3,(H,18,26);15-16,23H,6-14H2,1-5H3,(H,18,24);13,21H,5-12H2,1-4H3,(H,15,22);12,19H,5-11H2,1-4H3,(H,14,20). The molecule has 0 rings (SSSR count). The molecular formula is C79H173N5O24S10Si5. The first-order chi connectivity index (χ1) is 59.1. The fourth-order valence-corrected chi connectivity index (χ4v) is 22.1. The van der Waals surface area contributed by atoms with Gasteiger partial charge in [-0.15, -0.1) is 0 Å². The Balaban J connectivity index is -0.000000473. The molecule has 29 nitrogen and oxygen atoms in total. The van der Waals surface area contributed by atoms with Crippen molar-refractivity contribution in [1.29, 1.82) is 0 Å². The van der Waals surface area contributed by atoms with Crippen LogP contribution in [0, 0.1) is 11.8 Å². The summed E-state index contributed by atoms with van der Waals surface area (Å²) in [4.78, 5) is 0. The van der Waals surface area contributed by atoms with Crippen LogP contribution in [-0.2, 0) is 109 Å². The monoisotopic (exact) mass is 2040 g/mol. The highest BCUT2D eigenvalue weighted by atomic mass is 32.1. The van der Waals surface area contributed by atoms with Gasteiger partial charge in [0.25, 0.3) is 25.9 Å². The normalized spacial score (nSPS) is 13.7. The Kier molecular flexibility index (Phi) is 97.0. The van der Waals surface area contributed by atoms with E-state index in [9.17, 15) is 0 Å². The summed E-state index contributed by atoms with van der Waals surface area (Å²) in [6.45, 7) is 24.9. The van der Waals surface area contributed by atoms with Crippen LogP contribution in [0.5, 0.6) is 0 Å². The van der Waals surface area contributed by atoms with Crippen molar-refractivity contribution in [3.8, 4) is 0 Å². The van der Waals surface area contributed by atoms with E-state index in [1.165, 1.54) is 44.9 Å². The Hall–Kier alpha value is 0.524. The Bertz CT molecular complexity index is 2370. The van der Waals surface area contributed by atoms with Crippen molar-refractivity contribution in [3.63, 3.8) is 0 Å². The fraction of sp³-hybridized carbons (Fsp3) is 0.937. The van der Waals surface area contributed by atoms with Crippen LogP contribution in [0.2, 0.25) is 30.2 Å². The maximum atomic E-state index is 5.88. The van der Waals surface area contributed by atoms with Gasteiger partial charge in [-0.3, -0.25) is 0 Å². The van der Waals surface area contributed by atoms with Gasteiger partial charge in [0.2, 0.25) is 0 Å². The Labute approximate surface area is 806 Å². The van der Waals surface area contributed by atoms with Gasteiger partial charge in [-0.25, -0.2) is 0 Å². The lowest BCUT2D eigenvalue weighted by Crippen LogP contribution is -2.43. The van der Waals surface area contributed by atoms with Gasteiger partial charge in [0.15, 0.2) is 0 Å². The van der Waals surface area contributed by atoms with Gasteiger partial charge in [0.05, 0.1) is 32.5 Å². The number of nitrogens with one attached hydrogen (secondary N) is 5. The molecule has 0 aromatic carbocycles. The van der Waals surface area contributed by atoms with E-state index in [1.807, 2.05) is 6.92 Å². The molecule has 738 valence electrons. The molecule has 44 heteroatoms. The lowest BCUT2D eigenvalue weighted by molar-refractivity contribution is -0.0331. The first kappa shape index (κ1) is 132. The third-order valence-corrected chi connectivity index (χ3v) is 36.8. The van der Waals surface area contributed by atoms with E-state index in [2.05, 4.69) is 138 Å². The van der Waals surface area contributed by atoms with Gasteiger partial charge in [0.1, 0.15) is 30.5 Å². The Morgan fingerprint density at radius 2 is 0.520 bits per heavy atom. The molecule has 0 radical (unpaired) electrons. The van der Waals surface area contributed by atoms with E-state index in [0.29, 0.717) is 144 Å². The highest BCUT2D eigenvalue weighted by Crippen LogP contribution is 2.23. The van der Waals surface area contributed by atoms with Gasteiger partial charge in [-0.2, -0.15) is 63.1 Å². The van der Waals surface area contributed by atoms with Crippen LogP contribution in [-0.4, -0.2) is 321 Å². The number of thiol groups is 5. The minimum Gasteiger partial charge on any atom is -0.467 e. The minimum atomic E-state index is -2.54. The molecule has 0 bridgehead atoms. The average molecular weight is 2040 g/mol. The summed E-state index contributed by atoms with van der Waals surface area (Å²) in [6.07, 6.45) is 22.1. The smallest absolute Gasteiger partial charge is 0.467 e. The van der Waals surface area contributed by atoms with Crippen molar-refractivity contribution in [2.24, 2.45) is 11.8 Å². The molecule has 123 heavy (non-hydrogen) atoms. The van der Waals surface area contributed by atoms with E-state index in [0.717, 1.165) is 122 Å². The molecule has 0 aromatic rings. The van der Waals surface area contributed by atoms with Crippen molar-refractivity contribution in [1.82, 2.24) is 26.6 Å². The molecule has 0 amide bonds. The fourth-order valence-electron chi connectivity index (χ4n) is 11.3. The summed E-state index contributed by atoms with van der Waals surface area (Å²) in [5.74, 6) is 4.27. The van der Waals surface area contributed by atoms with E-state index >= 15 is 0 Å². The molecule has 0 aliphatic heterocycles. The molecule has 5 N–H and O–H groups in total. The molecule has 0 heterocycles. The van der Waals surface area contributed by atoms with Crippen molar-refractivity contribution in [2.45, 2.75) is 257 Å². The molecule has 0 spiro atoms. The third-order valence-electron chi connectivity index (χ3n) is 19.4. The minimum absolute atomic E-state index is 0.00424. The van der Waals surface area contributed by atoms with Crippen molar-refractivity contribution in [3.05, 3.63) is 0 Å². The van der Waals surface area contributed by atoms with Gasteiger partial charge >= 0.3 is 44.0 Å². The van der Waals surface area contributed by atoms with Gasteiger partial charge in [0, 0.05) is 218 Å². The van der Waals surface area contributed by atoms with E-state index in [1.54, 1.807) is 107 Å². The van der Waals surface area contributed by atoms with Crippen LogP contribution >= 0.6 is 124 Å². The van der Waals surface area contributed by atoms with Crippen LogP contribution in [0.25, 0.3) is 0 Å². The lowest BCUT2D eigenvalue weighted by atomic mass is 9.93. The zero-order valence-electron chi connectivity index (χ0n) is 79.6.